The van der Waals surface area contributed by atoms with Crippen molar-refractivity contribution in [2.45, 2.75) is 44.6 Å². The summed E-state index contributed by atoms with van der Waals surface area (Å²) >= 11 is 0. The number of piperazine rings is 1. The van der Waals surface area contributed by atoms with Crippen LogP contribution in [0.15, 0.2) is 6.20 Å². The van der Waals surface area contributed by atoms with Crippen LogP contribution in [0.2, 0.25) is 0 Å². The highest BCUT2D eigenvalue weighted by Crippen LogP contribution is 2.35. The topological polar surface area (TPSA) is 67.2 Å². The number of nitrogens with zero attached hydrogens (tertiary/aromatic N) is 3. The Hall–Kier alpha value is -1.85. The Morgan fingerprint density at radius 2 is 2.05 bits per heavy atom. The van der Waals surface area contributed by atoms with Crippen LogP contribution in [-0.4, -0.2) is 33.7 Å². The molecule has 1 N–H and O–H groups in total. The highest BCUT2D eigenvalue weighted by atomic mass is 16.2. The summed E-state index contributed by atoms with van der Waals surface area (Å²) in [4.78, 5) is 26.5. The molecule has 2 amide bonds. The molecule has 1 aromatic rings. The summed E-state index contributed by atoms with van der Waals surface area (Å²) in [6, 6.07) is 0. The summed E-state index contributed by atoms with van der Waals surface area (Å²) < 4.78 is 1.70. The van der Waals surface area contributed by atoms with Crippen molar-refractivity contribution in [2.75, 3.05) is 11.4 Å². The first-order valence-corrected chi connectivity index (χ1v) is 7.21. The number of carbonyl (C=O) groups excluding carboxylic acids is 2. The van der Waals surface area contributed by atoms with Gasteiger partial charge < -0.3 is 5.32 Å². The average molecular weight is 276 g/mol. The molecule has 3 rings (SSSR count). The standard InChI is InChI=1S/C14H20N4O2/c1-3-10-11(8-17(2)16-10)18-9-12(19)15-14(13(18)20)6-4-5-7-14/h8H,3-7,9H2,1-2H3,(H,15,19). The summed E-state index contributed by atoms with van der Waals surface area (Å²) in [6.07, 6.45) is 6.05. The van der Waals surface area contributed by atoms with E-state index >= 15 is 0 Å². The van der Waals surface area contributed by atoms with Crippen LogP contribution >= 0.6 is 0 Å². The van der Waals surface area contributed by atoms with Gasteiger partial charge in [-0.25, -0.2) is 0 Å². The van der Waals surface area contributed by atoms with E-state index < -0.39 is 5.54 Å². The Morgan fingerprint density at radius 1 is 1.35 bits per heavy atom. The Morgan fingerprint density at radius 3 is 2.70 bits per heavy atom. The van der Waals surface area contributed by atoms with Gasteiger partial charge in [0, 0.05) is 13.2 Å². The van der Waals surface area contributed by atoms with E-state index in [0.29, 0.717) is 0 Å². The van der Waals surface area contributed by atoms with Crippen molar-refractivity contribution in [2.24, 2.45) is 7.05 Å². The molecule has 0 atom stereocenters. The van der Waals surface area contributed by atoms with Crippen LogP contribution in [0.4, 0.5) is 5.69 Å². The van der Waals surface area contributed by atoms with Crippen LogP contribution in [0.3, 0.4) is 0 Å². The lowest BCUT2D eigenvalue weighted by molar-refractivity contribution is -0.135. The van der Waals surface area contributed by atoms with Crippen LogP contribution in [0, 0.1) is 0 Å². The van der Waals surface area contributed by atoms with Gasteiger partial charge in [0.25, 0.3) is 5.91 Å². The van der Waals surface area contributed by atoms with E-state index in [0.717, 1.165) is 43.5 Å². The molecule has 2 heterocycles. The molecule has 0 bridgehead atoms. The van der Waals surface area contributed by atoms with Crippen molar-refractivity contribution in [1.29, 1.82) is 0 Å². The molecule has 1 saturated carbocycles. The van der Waals surface area contributed by atoms with Crippen LogP contribution in [0.5, 0.6) is 0 Å². The van der Waals surface area contributed by atoms with E-state index in [1.54, 1.807) is 9.58 Å². The van der Waals surface area contributed by atoms with E-state index in [1.165, 1.54) is 0 Å². The van der Waals surface area contributed by atoms with Crippen molar-refractivity contribution in [1.82, 2.24) is 15.1 Å². The van der Waals surface area contributed by atoms with Crippen molar-refractivity contribution in [3.8, 4) is 0 Å². The van der Waals surface area contributed by atoms with E-state index in [1.807, 2.05) is 20.2 Å². The number of hydrogen-bond donors (Lipinski definition) is 1. The Kier molecular flexibility index (Phi) is 3.03. The number of hydrogen-bond acceptors (Lipinski definition) is 3. The molecule has 108 valence electrons. The van der Waals surface area contributed by atoms with Crippen molar-refractivity contribution >= 4 is 17.5 Å². The number of nitrogens with one attached hydrogen (secondary N) is 1. The maximum atomic E-state index is 12.8. The van der Waals surface area contributed by atoms with Crippen LogP contribution in [0.25, 0.3) is 0 Å². The van der Waals surface area contributed by atoms with Crippen LogP contribution in [-0.2, 0) is 23.1 Å². The maximum Gasteiger partial charge on any atom is 0.253 e. The van der Waals surface area contributed by atoms with E-state index in [4.69, 9.17) is 0 Å². The highest BCUT2D eigenvalue weighted by molar-refractivity contribution is 6.09. The second kappa shape index (κ2) is 4.61. The fourth-order valence-corrected chi connectivity index (χ4v) is 3.34. The second-order valence-corrected chi connectivity index (χ2v) is 5.72. The van der Waals surface area contributed by atoms with Gasteiger partial charge in [-0.05, 0) is 19.3 Å². The normalized spacial score (nSPS) is 21.6. The summed E-state index contributed by atoms with van der Waals surface area (Å²) in [5.74, 6) is -0.0466. The molecule has 0 unspecified atom stereocenters. The lowest BCUT2D eigenvalue weighted by atomic mass is 9.92. The van der Waals surface area contributed by atoms with Crippen LogP contribution in [0.1, 0.15) is 38.3 Å². The molecule has 2 fully saturated rings. The minimum absolute atomic E-state index is 0.0253. The third-order valence-electron chi connectivity index (χ3n) is 4.30. The molecular weight excluding hydrogens is 256 g/mol. The fraction of sp³-hybridized carbons (Fsp3) is 0.643. The zero-order valence-electron chi connectivity index (χ0n) is 12.0. The molecule has 0 aromatic carbocycles. The first-order valence-electron chi connectivity index (χ1n) is 7.21. The molecule has 0 radical (unpaired) electrons. The lowest BCUT2D eigenvalue weighted by Gasteiger charge is -2.39. The zero-order valence-corrected chi connectivity index (χ0v) is 12.0. The van der Waals surface area contributed by atoms with Crippen molar-refractivity contribution in [3.63, 3.8) is 0 Å². The van der Waals surface area contributed by atoms with Crippen LogP contribution < -0.4 is 10.2 Å². The van der Waals surface area contributed by atoms with Crippen molar-refractivity contribution < 1.29 is 9.59 Å². The predicted molar refractivity (Wildman–Crippen MR) is 74.3 cm³/mol. The highest BCUT2D eigenvalue weighted by Gasteiger charge is 2.49. The quantitative estimate of drug-likeness (QED) is 0.867. The van der Waals surface area contributed by atoms with Gasteiger partial charge in [-0.15, -0.1) is 0 Å². The van der Waals surface area contributed by atoms with Gasteiger partial charge in [-0.3, -0.25) is 19.2 Å². The Labute approximate surface area is 118 Å². The van der Waals surface area contributed by atoms with E-state index in [-0.39, 0.29) is 18.4 Å². The van der Waals surface area contributed by atoms with Crippen molar-refractivity contribution in [3.05, 3.63) is 11.9 Å². The van der Waals surface area contributed by atoms with E-state index in [2.05, 4.69) is 10.4 Å². The SMILES string of the molecule is CCc1nn(C)cc1N1CC(=O)NC2(CCCC2)C1=O. The number of aryl methyl sites for hydroxylation is 2. The van der Waals surface area contributed by atoms with Gasteiger partial charge in [-0.2, -0.15) is 5.10 Å². The number of aromatic nitrogens is 2. The smallest absolute Gasteiger partial charge is 0.253 e. The minimum atomic E-state index is -0.670. The molecule has 1 saturated heterocycles. The third-order valence-corrected chi connectivity index (χ3v) is 4.30. The zero-order chi connectivity index (χ0) is 14.3. The summed E-state index contributed by atoms with van der Waals surface area (Å²) in [6.45, 7) is 2.10. The predicted octanol–water partition coefficient (Wildman–Crippen LogP) is 0.758. The largest absolute Gasteiger partial charge is 0.340 e. The minimum Gasteiger partial charge on any atom is -0.340 e. The monoisotopic (exact) mass is 276 g/mol. The molecule has 2 aliphatic rings. The Balaban J connectivity index is 1.99. The summed E-state index contributed by atoms with van der Waals surface area (Å²) in [5.41, 5.74) is 0.973. The first-order chi connectivity index (χ1) is 9.55. The molecule has 6 nitrogen and oxygen atoms in total. The molecule has 1 spiro atoms. The molecule has 6 heteroatoms. The summed E-state index contributed by atoms with van der Waals surface area (Å²) in [7, 11) is 1.84. The molecule has 1 aliphatic heterocycles. The van der Waals surface area contributed by atoms with E-state index in [9.17, 15) is 9.59 Å². The van der Waals surface area contributed by atoms with Gasteiger partial charge in [0.05, 0.1) is 11.4 Å². The summed E-state index contributed by atoms with van der Waals surface area (Å²) in [5, 5.41) is 7.30. The first kappa shape index (κ1) is 13.1. The Bertz CT molecular complexity index is 558. The van der Waals surface area contributed by atoms with Gasteiger partial charge in [0.1, 0.15) is 12.1 Å². The fourth-order valence-electron chi connectivity index (χ4n) is 3.34. The number of carbonyl (C=O) groups is 2. The lowest BCUT2D eigenvalue weighted by Crippen LogP contribution is -2.65. The maximum absolute atomic E-state index is 12.8. The molecular formula is C14H20N4O2. The third kappa shape index (κ3) is 1.90. The van der Waals surface area contributed by atoms with Gasteiger partial charge in [0.2, 0.25) is 5.91 Å². The molecule has 1 aromatic heterocycles. The van der Waals surface area contributed by atoms with Gasteiger partial charge >= 0.3 is 0 Å². The molecule has 20 heavy (non-hydrogen) atoms. The average Bonchev–Trinajstić information content (AvgIpc) is 3.01. The molecule has 1 aliphatic carbocycles. The number of amides is 2. The second-order valence-electron chi connectivity index (χ2n) is 5.72. The number of anilines is 1. The van der Waals surface area contributed by atoms with Gasteiger partial charge in [0.15, 0.2) is 0 Å². The van der Waals surface area contributed by atoms with Gasteiger partial charge in [-0.1, -0.05) is 19.8 Å². The number of rotatable bonds is 2.